The van der Waals surface area contributed by atoms with Gasteiger partial charge >= 0.3 is 11.9 Å². The fourth-order valence-electron chi connectivity index (χ4n) is 5.21. The normalized spacial score (nSPS) is 14.4. The van der Waals surface area contributed by atoms with Crippen LogP contribution >= 0.6 is 0 Å². The SMILES string of the molecule is CCCCCCCCCCCCCC(=O)C(O)(C(=O)O)C(O)(C(=O)O)C(=O)CCCCCCCCCCCCC. The molecular formula is C32H58O8. The first kappa shape index (κ1) is 38.2. The Morgan fingerprint density at radius 3 is 0.800 bits per heavy atom. The van der Waals surface area contributed by atoms with Crippen LogP contribution in [0.5, 0.6) is 0 Å². The van der Waals surface area contributed by atoms with Crippen molar-refractivity contribution in [2.24, 2.45) is 0 Å². The first-order chi connectivity index (χ1) is 19.1. The first-order valence-corrected chi connectivity index (χ1v) is 16.1. The lowest BCUT2D eigenvalue weighted by atomic mass is 9.74. The van der Waals surface area contributed by atoms with E-state index in [1.54, 1.807) is 0 Å². The molecule has 40 heavy (non-hydrogen) atoms. The zero-order chi connectivity index (χ0) is 30.3. The maximum Gasteiger partial charge on any atom is 0.347 e. The third-order valence-electron chi connectivity index (χ3n) is 7.96. The highest BCUT2D eigenvalue weighted by Crippen LogP contribution is 2.30. The van der Waals surface area contributed by atoms with Crippen LogP contribution in [0.25, 0.3) is 0 Å². The van der Waals surface area contributed by atoms with E-state index in [1.165, 1.54) is 64.2 Å². The summed E-state index contributed by atoms with van der Waals surface area (Å²) in [5, 5.41) is 40.8. The second kappa shape index (κ2) is 22.8. The second-order valence-electron chi connectivity index (χ2n) is 11.4. The monoisotopic (exact) mass is 570 g/mol. The van der Waals surface area contributed by atoms with E-state index in [0.717, 1.165) is 51.4 Å². The van der Waals surface area contributed by atoms with Gasteiger partial charge in [-0.05, 0) is 12.8 Å². The summed E-state index contributed by atoms with van der Waals surface area (Å²) in [5.74, 6) is -7.16. The molecule has 0 aliphatic rings. The molecule has 0 bridgehead atoms. The van der Waals surface area contributed by atoms with E-state index in [9.17, 15) is 39.6 Å². The molecule has 0 saturated carbocycles. The maximum atomic E-state index is 12.8. The molecule has 0 aromatic heterocycles. The Morgan fingerprint density at radius 2 is 0.600 bits per heavy atom. The molecule has 2 unspecified atom stereocenters. The van der Waals surface area contributed by atoms with E-state index in [0.29, 0.717) is 12.8 Å². The quantitative estimate of drug-likeness (QED) is 0.0546. The lowest BCUT2D eigenvalue weighted by Gasteiger charge is -2.34. The van der Waals surface area contributed by atoms with Gasteiger partial charge in [-0.25, -0.2) is 9.59 Å². The molecule has 0 rings (SSSR count). The number of carbonyl (C=O) groups is 4. The Morgan fingerprint density at radius 1 is 0.400 bits per heavy atom. The smallest absolute Gasteiger partial charge is 0.347 e. The van der Waals surface area contributed by atoms with Crippen molar-refractivity contribution in [3.05, 3.63) is 0 Å². The van der Waals surface area contributed by atoms with E-state index in [1.807, 2.05) is 0 Å². The first-order valence-electron chi connectivity index (χ1n) is 16.1. The Hall–Kier alpha value is -1.80. The van der Waals surface area contributed by atoms with Crippen molar-refractivity contribution in [1.82, 2.24) is 0 Å². The van der Waals surface area contributed by atoms with Crippen LogP contribution in [0.3, 0.4) is 0 Å². The van der Waals surface area contributed by atoms with Crippen LogP contribution in [0.15, 0.2) is 0 Å². The number of aliphatic hydroxyl groups is 2. The van der Waals surface area contributed by atoms with Crippen LogP contribution in [0, 0.1) is 0 Å². The van der Waals surface area contributed by atoms with Gasteiger partial charge in [0.2, 0.25) is 0 Å². The molecule has 0 fully saturated rings. The fraction of sp³-hybridized carbons (Fsp3) is 0.875. The summed E-state index contributed by atoms with van der Waals surface area (Å²) < 4.78 is 0. The molecule has 0 heterocycles. The molecule has 0 amide bonds. The number of unbranched alkanes of at least 4 members (excludes halogenated alkanes) is 20. The van der Waals surface area contributed by atoms with Gasteiger partial charge in [-0.3, -0.25) is 9.59 Å². The highest BCUT2D eigenvalue weighted by Gasteiger charge is 2.68. The molecule has 0 aromatic rings. The largest absolute Gasteiger partial charge is 0.479 e. The van der Waals surface area contributed by atoms with Crippen LogP contribution in [-0.2, 0) is 19.2 Å². The molecule has 0 aliphatic carbocycles. The van der Waals surface area contributed by atoms with Crippen LogP contribution < -0.4 is 0 Å². The summed E-state index contributed by atoms with van der Waals surface area (Å²) in [5.41, 5.74) is -7.46. The summed E-state index contributed by atoms with van der Waals surface area (Å²) in [6, 6.07) is 0. The number of ketones is 2. The predicted molar refractivity (Wildman–Crippen MR) is 157 cm³/mol. The van der Waals surface area contributed by atoms with Crippen molar-refractivity contribution in [3.63, 3.8) is 0 Å². The topological polar surface area (TPSA) is 149 Å². The van der Waals surface area contributed by atoms with Crippen molar-refractivity contribution in [2.75, 3.05) is 0 Å². The minimum absolute atomic E-state index is 0.243. The van der Waals surface area contributed by atoms with Crippen molar-refractivity contribution >= 4 is 23.5 Å². The van der Waals surface area contributed by atoms with E-state index in [2.05, 4.69) is 13.8 Å². The molecule has 0 aliphatic heterocycles. The Labute approximate surface area is 242 Å². The molecule has 0 saturated heterocycles. The average Bonchev–Trinajstić information content (AvgIpc) is 2.93. The summed E-state index contributed by atoms with van der Waals surface area (Å²) in [6.45, 7) is 4.37. The van der Waals surface area contributed by atoms with Crippen molar-refractivity contribution < 1.29 is 39.6 Å². The summed E-state index contributed by atoms with van der Waals surface area (Å²) >= 11 is 0. The van der Waals surface area contributed by atoms with Gasteiger partial charge in [-0.1, -0.05) is 142 Å². The Balaban J connectivity index is 4.63. The molecule has 8 nitrogen and oxygen atoms in total. The van der Waals surface area contributed by atoms with Gasteiger partial charge in [0.05, 0.1) is 0 Å². The zero-order valence-corrected chi connectivity index (χ0v) is 25.4. The highest BCUT2D eigenvalue weighted by atomic mass is 16.5. The summed E-state index contributed by atoms with van der Waals surface area (Å²) in [7, 11) is 0. The number of aliphatic carboxylic acids is 2. The molecule has 2 atom stereocenters. The Bertz CT molecular complexity index is 662. The second-order valence-corrected chi connectivity index (χ2v) is 11.4. The predicted octanol–water partition coefficient (Wildman–Crippen LogP) is 7.16. The van der Waals surface area contributed by atoms with Gasteiger partial charge in [0.25, 0.3) is 11.2 Å². The van der Waals surface area contributed by atoms with Crippen LogP contribution in [0.2, 0.25) is 0 Å². The summed E-state index contributed by atoms with van der Waals surface area (Å²) in [6.07, 6.45) is 21.2. The lowest BCUT2D eigenvalue weighted by molar-refractivity contribution is -0.207. The van der Waals surface area contributed by atoms with Gasteiger partial charge in [0.15, 0.2) is 11.6 Å². The number of carboxylic acids is 2. The van der Waals surface area contributed by atoms with Crippen LogP contribution in [0.4, 0.5) is 0 Å². The number of hydrogen-bond acceptors (Lipinski definition) is 6. The van der Waals surface area contributed by atoms with E-state index in [-0.39, 0.29) is 12.8 Å². The van der Waals surface area contributed by atoms with E-state index < -0.39 is 47.5 Å². The van der Waals surface area contributed by atoms with E-state index >= 15 is 0 Å². The van der Waals surface area contributed by atoms with Crippen molar-refractivity contribution in [1.29, 1.82) is 0 Å². The van der Waals surface area contributed by atoms with Gasteiger partial charge in [-0.2, -0.15) is 0 Å². The number of hydrogen-bond donors (Lipinski definition) is 4. The molecule has 234 valence electrons. The van der Waals surface area contributed by atoms with E-state index in [4.69, 9.17) is 0 Å². The van der Waals surface area contributed by atoms with Gasteiger partial charge < -0.3 is 20.4 Å². The number of Topliss-reactive ketones (excluding diaryl/α,β-unsaturated/α-hetero) is 2. The molecule has 0 spiro atoms. The van der Waals surface area contributed by atoms with Crippen molar-refractivity contribution in [2.45, 2.75) is 179 Å². The third kappa shape index (κ3) is 13.7. The molecular weight excluding hydrogens is 512 g/mol. The molecule has 0 radical (unpaired) electrons. The zero-order valence-electron chi connectivity index (χ0n) is 25.4. The maximum absolute atomic E-state index is 12.8. The molecule has 8 heteroatoms. The van der Waals surface area contributed by atoms with Crippen LogP contribution in [-0.4, -0.2) is 55.1 Å². The van der Waals surface area contributed by atoms with Gasteiger partial charge in [0, 0.05) is 12.8 Å². The molecule has 4 N–H and O–H groups in total. The lowest BCUT2D eigenvalue weighted by Crippen LogP contribution is -2.71. The minimum atomic E-state index is -3.73. The number of carboxylic acid groups (broad SMARTS) is 2. The fourth-order valence-corrected chi connectivity index (χ4v) is 5.21. The van der Waals surface area contributed by atoms with Gasteiger partial charge in [0.1, 0.15) is 0 Å². The highest BCUT2D eigenvalue weighted by molar-refractivity contribution is 6.21. The summed E-state index contributed by atoms with van der Waals surface area (Å²) in [4.78, 5) is 49.4. The van der Waals surface area contributed by atoms with Crippen LogP contribution in [0.1, 0.15) is 168 Å². The third-order valence-corrected chi connectivity index (χ3v) is 7.96. The molecule has 0 aromatic carbocycles. The minimum Gasteiger partial charge on any atom is -0.479 e. The Kier molecular flexibility index (Phi) is 21.8. The number of rotatable bonds is 29. The number of carbonyl (C=O) groups excluding carboxylic acids is 2. The standard InChI is InChI=1S/C32H58O8/c1-3-5-7-9-11-13-15-17-19-21-23-25-27(33)31(39,29(35)36)32(40,30(37)38)28(34)26-24-22-20-18-16-14-12-10-8-6-4-2/h39-40H,3-26H2,1-2H3,(H,35,36)(H,37,38). The van der Waals surface area contributed by atoms with Gasteiger partial charge in [-0.15, -0.1) is 0 Å². The average molecular weight is 571 g/mol. The van der Waals surface area contributed by atoms with Crippen molar-refractivity contribution in [3.8, 4) is 0 Å².